The van der Waals surface area contributed by atoms with E-state index in [0.717, 1.165) is 17.7 Å². The van der Waals surface area contributed by atoms with Crippen LogP contribution in [0, 0.1) is 0 Å². The van der Waals surface area contributed by atoms with Gasteiger partial charge in [0.2, 0.25) is 0 Å². The van der Waals surface area contributed by atoms with E-state index in [9.17, 15) is 18.3 Å². The Bertz CT molecular complexity index is 644. The van der Waals surface area contributed by atoms with E-state index in [4.69, 9.17) is 10.5 Å². The molecule has 0 fully saturated rings. The van der Waals surface area contributed by atoms with Crippen molar-refractivity contribution in [1.29, 1.82) is 0 Å². The largest absolute Gasteiger partial charge is 0.496 e. The first-order valence-electron chi connectivity index (χ1n) is 7.05. The maximum absolute atomic E-state index is 12.7. The second-order valence-corrected chi connectivity index (χ2v) is 5.24. The summed E-state index contributed by atoms with van der Waals surface area (Å²) in [5, 5.41) is 10.3. The van der Waals surface area contributed by atoms with Crippen LogP contribution in [-0.2, 0) is 12.6 Å². The van der Waals surface area contributed by atoms with E-state index >= 15 is 0 Å². The van der Waals surface area contributed by atoms with E-state index < -0.39 is 23.9 Å². The Morgan fingerprint density at radius 3 is 2.35 bits per heavy atom. The van der Waals surface area contributed by atoms with Gasteiger partial charge in [0.25, 0.3) is 0 Å². The van der Waals surface area contributed by atoms with Crippen LogP contribution in [0.2, 0.25) is 0 Å². The van der Waals surface area contributed by atoms with Gasteiger partial charge in [0.1, 0.15) is 5.75 Å². The van der Waals surface area contributed by atoms with Gasteiger partial charge < -0.3 is 15.6 Å². The third-order valence-corrected chi connectivity index (χ3v) is 3.62. The lowest BCUT2D eigenvalue weighted by molar-refractivity contribution is -0.137. The summed E-state index contributed by atoms with van der Waals surface area (Å²) < 4.78 is 43.3. The summed E-state index contributed by atoms with van der Waals surface area (Å²) in [6, 6.07) is 11.5. The molecule has 0 amide bonds. The molecule has 2 aromatic carbocycles. The lowest BCUT2D eigenvalue weighted by atomic mass is 9.95. The zero-order valence-corrected chi connectivity index (χ0v) is 12.5. The Balaban J connectivity index is 2.22. The summed E-state index contributed by atoms with van der Waals surface area (Å²) in [7, 11) is 1.27. The molecule has 3 N–H and O–H groups in total. The molecule has 124 valence electrons. The summed E-state index contributed by atoms with van der Waals surface area (Å²) in [5.41, 5.74) is 6.42. The number of aliphatic hydroxyl groups excluding tert-OH is 1. The number of ether oxygens (including phenoxy) is 1. The molecule has 0 spiro atoms. The van der Waals surface area contributed by atoms with Crippen molar-refractivity contribution in [3.63, 3.8) is 0 Å². The molecule has 0 saturated heterocycles. The van der Waals surface area contributed by atoms with Crippen LogP contribution in [0.4, 0.5) is 13.2 Å². The van der Waals surface area contributed by atoms with Crippen molar-refractivity contribution in [3.8, 4) is 5.75 Å². The predicted molar refractivity (Wildman–Crippen MR) is 81.1 cm³/mol. The van der Waals surface area contributed by atoms with Crippen LogP contribution >= 0.6 is 0 Å². The van der Waals surface area contributed by atoms with Crippen LogP contribution in [0.5, 0.6) is 5.75 Å². The highest BCUT2D eigenvalue weighted by molar-refractivity contribution is 5.41. The van der Waals surface area contributed by atoms with Gasteiger partial charge in [-0.2, -0.15) is 13.2 Å². The minimum absolute atomic E-state index is 0.0134. The van der Waals surface area contributed by atoms with Crippen LogP contribution in [-0.4, -0.2) is 18.3 Å². The Kier molecular flexibility index (Phi) is 5.28. The Labute approximate surface area is 132 Å². The second-order valence-electron chi connectivity index (χ2n) is 5.24. The molecule has 2 atom stereocenters. The predicted octanol–water partition coefficient (Wildman–Crippen LogP) is 3.32. The molecule has 2 rings (SSSR count). The molecule has 0 aliphatic heterocycles. The molecule has 0 aliphatic carbocycles. The lowest BCUT2D eigenvalue weighted by Crippen LogP contribution is -2.28. The van der Waals surface area contributed by atoms with Crippen molar-refractivity contribution in [3.05, 3.63) is 65.2 Å². The highest BCUT2D eigenvalue weighted by Crippen LogP contribution is 2.35. The zero-order valence-electron chi connectivity index (χ0n) is 12.5. The van der Waals surface area contributed by atoms with Gasteiger partial charge >= 0.3 is 6.18 Å². The van der Waals surface area contributed by atoms with E-state index in [1.54, 1.807) is 0 Å². The van der Waals surface area contributed by atoms with Crippen molar-refractivity contribution in [2.45, 2.75) is 24.7 Å². The van der Waals surface area contributed by atoms with Crippen molar-refractivity contribution >= 4 is 0 Å². The molecule has 0 bridgehead atoms. The normalized spacial score (nSPS) is 14.3. The highest BCUT2D eigenvalue weighted by atomic mass is 19.4. The quantitative estimate of drug-likeness (QED) is 0.887. The molecule has 0 heterocycles. The summed E-state index contributed by atoms with van der Waals surface area (Å²) in [6.07, 6.45) is -5.10. The molecule has 0 unspecified atom stereocenters. The van der Waals surface area contributed by atoms with Crippen molar-refractivity contribution < 1.29 is 23.0 Å². The third-order valence-electron chi connectivity index (χ3n) is 3.62. The molecule has 6 heteroatoms. The summed E-state index contributed by atoms with van der Waals surface area (Å²) in [6.45, 7) is 0. The number of methoxy groups -OCH3 is 1. The Morgan fingerprint density at radius 1 is 1.13 bits per heavy atom. The standard InChI is InChI=1S/C17H18F3NO2/c1-23-15-10-12(17(18,19)20)7-8-13(15)16(21)14(22)9-11-5-3-2-4-6-11/h2-8,10,14,16,22H,9,21H2,1H3/t14-,16+/m1/s1. The zero-order chi connectivity index (χ0) is 17.0. The number of halogens is 3. The van der Waals surface area contributed by atoms with Crippen LogP contribution < -0.4 is 10.5 Å². The third kappa shape index (κ3) is 4.24. The van der Waals surface area contributed by atoms with E-state index in [0.29, 0.717) is 12.0 Å². The molecular weight excluding hydrogens is 307 g/mol. The highest BCUT2D eigenvalue weighted by Gasteiger charge is 2.32. The minimum Gasteiger partial charge on any atom is -0.496 e. The summed E-state index contributed by atoms with van der Waals surface area (Å²) >= 11 is 0. The number of alkyl halides is 3. The fraction of sp³-hybridized carbons (Fsp3) is 0.294. The number of aliphatic hydroxyl groups is 1. The maximum Gasteiger partial charge on any atom is 0.416 e. The van der Waals surface area contributed by atoms with Gasteiger partial charge in [0.15, 0.2) is 0 Å². The average Bonchev–Trinajstić information content (AvgIpc) is 2.53. The maximum atomic E-state index is 12.7. The first-order valence-corrected chi connectivity index (χ1v) is 7.05. The monoisotopic (exact) mass is 325 g/mol. The molecule has 23 heavy (non-hydrogen) atoms. The summed E-state index contributed by atoms with van der Waals surface area (Å²) in [4.78, 5) is 0. The van der Waals surface area contributed by atoms with Crippen LogP contribution in [0.1, 0.15) is 22.7 Å². The topological polar surface area (TPSA) is 55.5 Å². The van der Waals surface area contributed by atoms with Crippen LogP contribution in [0.15, 0.2) is 48.5 Å². The lowest BCUT2D eigenvalue weighted by Gasteiger charge is -2.22. The molecule has 0 aromatic heterocycles. The molecular formula is C17H18F3NO2. The fourth-order valence-corrected chi connectivity index (χ4v) is 2.35. The first kappa shape index (κ1) is 17.3. The van der Waals surface area contributed by atoms with Crippen molar-refractivity contribution in [2.75, 3.05) is 7.11 Å². The fourth-order valence-electron chi connectivity index (χ4n) is 2.35. The first-order chi connectivity index (χ1) is 10.8. The van der Waals surface area contributed by atoms with Crippen molar-refractivity contribution in [1.82, 2.24) is 0 Å². The van der Waals surface area contributed by atoms with Gasteiger partial charge in [-0.1, -0.05) is 36.4 Å². The van der Waals surface area contributed by atoms with Crippen LogP contribution in [0.3, 0.4) is 0 Å². The van der Waals surface area contributed by atoms with Gasteiger partial charge in [-0.05, 0) is 17.7 Å². The van der Waals surface area contributed by atoms with Gasteiger partial charge in [0.05, 0.1) is 24.8 Å². The summed E-state index contributed by atoms with van der Waals surface area (Å²) in [5.74, 6) is 0.0134. The molecule has 0 saturated carbocycles. The number of rotatable bonds is 5. The molecule has 3 nitrogen and oxygen atoms in total. The van der Waals surface area contributed by atoms with Crippen LogP contribution in [0.25, 0.3) is 0 Å². The molecule has 0 aliphatic rings. The Hall–Kier alpha value is -2.05. The number of hydrogen-bond acceptors (Lipinski definition) is 3. The van der Waals surface area contributed by atoms with Crippen molar-refractivity contribution in [2.24, 2.45) is 5.73 Å². The van der Waals surface area contributed by atoms with Gasteiger partial charge in [0, 0.05) is 12.0 Å². The van der Waals surface area contributed by atoms with E-state index in [1.165, 1.54) is 13.2 Å². The number of benzene rings is 2. The van der Waals surface area contributed by atoms with E-state index in [1.807, 2.05) is 30.3 Å². The molecule has 0 radical (unpaired) electrons. The van der Waals surface area contributed by atoms with Gasteiger partial charge in [-0.25, -0.2) is 0 Å². The SMILES string of the molecule is COc1cc(C(F)(F)F)ccc1[C@H](N)[C@H](O)Cc1ccccc1. The molecule has 2 aromatic rings. The minimum atomic E-state index is -4.46. The average molecular weight is 325 g/mol. The Morgan fingerprint density at radius 2 is 1.78 bits per heavy atom. The van der Waals surface area contributed by atoms with Gasteiger partial charge in [-0.15, -0.1) is 0 Å². The second kappa shape index (κ2) is 7.02. The van der Waals surface area contributed by atoms with E-state index in [-0.39, 0.29) is 5.75 Å². The van der Waals surface area contributed by atoms with Gasteiger partial charge in [-0.3, -0.25) is 0 Å². The smallest absolute Gasteiger partial charge is 0.416 e. The number of hydrogen-bond donors (Lipinski definition) is 2. The van der Waals surface area contributed by atoms with E-state index in [2.05, 4.69) is 0 Å². The number of nitrogens with two attached hydrogens (primary N) is 1.